The number of morpholine rings is 1. The number of anilines is 1. The van der Waals surface area contributed by atoms with E-state index in [0.29, 0.717) is 52.0 Å². The molecule has 1 saturated heterocycles. The molecule has 0 saturated carbocycles. The molecule has 166 valence electrons. The highest BCUT2D eigenvalue weighted by molar-refractivity contribution is 6.37. The third kappa shape index (κ3) is 4.72. The maximum Gasteiger partial charge on any atom is 0.206 e. The maximum atomic E-state index is 9.92. The Labute approximate surface area is 190 Å². The molecule has 8 nitrogen and oxygen atoms in total. The number of halogens is 1. The molecule has 4 aromatic heterocycles. The number of fused-ring (bicyclic) bond motifs is 1. The summed E-state index contributed by atoms with van der Waals surface area (Å²) in [5.41, 5.74) is 3.20. The van der Waals surface area contributed by atoms with E-state index in [1.54, 1.807) is 18.6 Å². The van der Waals surface area contributed by atoms with Gasteiger partial charge in [-0.2, -0.15) is 0 Å². The van der Waals surface area contributed by atoms with Crippen LogP contribution < -0.4 is 4.90 Å². The van der Waals surface area contributed by atoms with Crippen molar-refractivity contribution < 1.29 is 14.4 Å². The minimum atomic E-state index is -0.238. The topological polar surface area (TPSA) is 97.4 Å². The number of nitrogens with zero attached hydrogens (tertiary/aromatic N) is 5. The summed E-state index contributed by atoms with van der Waals surface area (Å²) < 4.78 is 11.3. The summed E-state index contributed by atoms with van der Waals surface area (Å²) in [6.45, 7) is 5.10. The summed E-state index contributed by atoms with van der Waals surface area (Å²) in [7, 11) is 0. The number of hydrogen-bond acceptors (Lipinski definition) is 8. The van der Waals surface area contributed by atoms with Crippen LogP contribution in [0.15, 0.2) is 59.5 Å². The Morgan fingerprint density at radius 1 is 1.06 bits per heavy atom. The van der Waals surface area contributed by atoms with Gasteiger partial charge in [-0.15, -0.1) is 0 Å². The van der Waals surface area contributed by atoms with Gasteiger partial charge < -0.3 is 19.3 Å². The smallest absolute Gasteiger partial charge is 0.206 e. The zero-order chi connectivity index (χ0) is 22.5. The van der Waals surface area contributed by atoms with Gasteiger partial charge in [0.15, 0.2) is 5.69 Å². The number of aliphatic hydroxyl groups is 1. The van der Waals surface area contributed by atoms with Crippen LogP contribution in [-0.2, 0) is 11.3 Å². The van der Waals surface area contributed by atoms with Crippen LogP contribution in [0.2, 0.25) is 5.02 Å². The SMILES string of the molecule is C[C@@H]1CN(c2c(CO)nc3c(-c4ccccn4)noc3c2Cl)C[C@H](C)O1.c1ccncc1. The molecule has 32 heavy (non-hydrogen) atoms. The van der Waals surface area contributed by atoms with Gasteiger partial charge in [0.05, 0.1) is 35.9 Å². The fourth-order valence-electron chi connectivity index (χ4n) is 3.73. The highest BCUT2D eigenvalue weighted by Crippen LogP contribution is 2.39. The minimum absolute atomic E-state index is 0.0517. The number of pyridine rings is 3. The third-order valence-corrected chi connectivity index (χ3v) is 5.31. The van der Waals surface area contributed by atoms with Crippen LogP contribution in [0.5, 0.6) is 0 Å². The van der Waals surface area contributed by atoms with Gasteiger partial charge in [-0.05, 0) is 38.1 Å². The highest BCUT2D eigenvalue weighted by atomic mass is 35.5. The molecule has 5 heterocycles. The van der Waals surface area contributed by atoms with Crippen LogP contribution in [0.4, 0.5) is 5.69 Å². The molecule has 0 unspecified atom stereocenters. The van der Waals surface area contributed by atoms with E-state index in [1.807, 2.05) is 50.2 Å². The summed E-state index contributed by atoms with van der Waals surface area (Å²) in [5, 5.41) is 14.4. The second-order valence-electron chi connectivity index (χ2n) is 7.49. The zero-order valence-corrected chi connectivity index (χ0v) is 18.6. The molecule has 4 aromatic rings. The Balaban J connectivity index is 0.000000354. The van der Waals surface area contributed by atoms with Crippen molar-refractivity contribution in [1.82, 2.24) is 20.1 Å². The fourth-order valence-corrected chi connectivity index (χ4v) is 4.08. The molecule has 0 aliphatic carbocycles. The summed E-state index contributed by atoms with van der Waals surface area (Å²) in [4.78, 5) is 14.8. The lowest BCUT2D eigenvalue weighted by Gasteiger charge is -2.37. The largest absolute Gasteiger partial charge is 0.390 e. The van der Waals surface area contributed by atoms with Crippen LogP contribution in [-0.4, -0.2) is 50.5 Å². The molecule has 1 aliphatic heterocycles. The van der Waals surface area contributed by atoms with Gasteiger partial charge in [-0.3, -0.25) is 9.97 Å². The first-order valence-corrected chi connectivity index (χ1v) is 10.7. The van der Waals surface area contributed by atoms with E-state index in [1.165, 1.54) is 0 Å². The zero-order valence-electron chi connectivity index (χ0n) is 17.8. The Morgan fingerprint density at radius 3 is 2.34 bits per heavy atom. The average molecular weight is 454 g/mol. The molecule has 0 bridgehead atoms. The fraction of sp³-hybridized carbons (Fsp3) is 0.304. The number of ether oxygens (including phenoxy) is 1. The van der Waals surface area contributed by atoms with Crippen molar-refractivity contribution in [3.8, 4) is 11.4 Å². The van der Waals surface area contributed by atoms with Gasteiger partial charge in [-0.25, -0.2) is 4.98 Å². The molecule has 1 aliphatic rings. The van der Waals surface area contributed by atoms with Crippen molar-refractivity contribution in [3.63, 3.8) is 0 Å². The van der Waals surface area contributed by atoms with E-state index in [-0.39, 0.29) is 18.8 Å². The quantitative estimate of drug-likeness (QED) is 0.494. The Bertz CT molecular complexity index is 1120. The van der Waals surface area contributed by atoms with Gasteiger partial charge in [0.2, 0.25) is 5.58 Å². The molecule has 0 spiro atoms. The van der Waals surface area contributed by atoms with Crippen molar-refractivity contribution in [2.45, 2.75) is 32.7 Å². The molecule has 2 atom stereocenters. The molecule has 0 radical (unpaired) electrons. The summed E-state index contributed by atoms with van der Waals surface area (Å²) >= 11 is 6.67. The van der Waals surface area contributed by atoms with Crippen molar-refractivity contribution in [1.29, 1.82) is 0 Å². The van der Waals surface area contributed by atoms with E-state index in [9.17, 15) is 5.11 Å². The lowest BCUT2D eigenvalue weighted by molar-refractivity contribution is -0.00533. The number of rotatable bonds is 3. The van der Waals surface area contributed by atoms with Gasteiger partial charge in [0.25, 0.3) is 0 Å². The predicted molar refractivity (Wildman–Crippen MR) is 122 cm³/mol. The monoisotopic (exact) mass is 453 g/mol. The first-order chi connectivity index (χ1) is 15.6. The molecule has 0 amide bonds. The third-order valence-electron chi connectivity index (χ3n) is 4.95. The normalized spacial score (nSPS) is 18.3. The van der Waals surface area contributed by atoms with Crippen LogP contribution in [0, 0.1) is 0 Å². The number of aromatic nitrogens is 4. The van der Waals surface area contributed by atoms with Crippen molar-refractivity contribution in [2.75, 3.05) is 18.0 Å². The van der Waals surface area contributed by atoms with E-state index in [4.69, 9.17) is 20.9 Å². The Kier molecular flexibility index (Phi) is 6.94. The molecule has 0 aromatic carbocycles. The van der Waals surface area contributed by atoms with E-state index < -0.39 is 0 Å². The minimum Gasteiger partial charge on any atom is -0.390 e. The van der Waals surface area contributed by atoms with Crippen LogP contribution in [0.25, 0.3) is 22.5 Å². The van der Waals surface area contributed by atoms with Gasteiger partial charge in [-0.1, -0.05) is 28.9 Å². The lowest BCUT2D eigenvalue weighted by atomic mass is 10.1. The molecule has 1 fully saturated rings. The van der Waals surface area contributed by atoms with Crippen LogP contribution in [0.3, 0.4) is 0 Å². The summed E-state index contributed by atoms with van der Waals surface area (Å²) in [5.74, 6) is 0. The van der Waals surface area contributed by atoms with E-state index in [0.717, 1.165) is 0 Å². The Hall–Kier alpha value is -3.07. The molecule has 5 rings (SSSR count). The molecule has 9 heteroatoms. The maximum absolute atomic E-state index is 9.92. The summed E-state index contributed by atoms with van der Waals surface area (Å²) in [6.07, 6.45) is 5.28. The summed E-state index contributed by atoms with van der Waals surface area (Å²) in [6, 6.07) is 11.2. The van der Waals surface area contributed by atoms with Crippen LogP contribution in [0.1, 0.15) is 19.5 Å². The molecule has 1 N–H and O–H groups in total. The van der Waals surface area contributed by atoms with Crippen molar-refractivity contribution in [3.05, 3.63) is 65.7 Å². The van der Waals surface area contributed by atoms with E-state index in [2.05, 4.69) is 25.0 Å². The lowest BCUT2D eigenvalue weighted by Crippen LogP contribution is -2.46. The van der Waals surface area contributed by atoms with Gasteiger partial charge >= 0.3 is 0 Å². The number of aliphatic hydroxyl groups excluding tert-OH is 1. The molecular formula is C23H24ClN5O3. The van der Waals surface area contributed by atoms with E-state index >= 15 is 0 Å². The van der Waals surface area contributed by atoms with Crippen LogP contribution >= 0.6 is 11.6 Å². The second kappa shape index (κ2) is 10.0. The van der Waals surface area contributed by atoms with Crippen molar-refractivity contribution in [2.24, 2.45) is 0 Å². The number of hydrogen-bond donors (Lipinski definition) is 1. The first kappa shape index (κ1) is 22.1. The van der Waals surface area contributed by atoms with Gasteiger partial charge in [0, 0.05) is 31.7 Å². The highest BCUT2D eigenvalue weighted by Gasteiger charge is 2.29. The average Bonchev–Trinajstić information content (AvgIpc) is 3.25. The standard InChI is InChI=1S/C18H19ClN4O3.C5H5N/c1-10-7-23(8-11(2)25-10)17-13(9-24)21-16-15(12-5-3-4-6-20-12)22-26-18(16)14(17)19;1-2-4-6-5-3-1/h3-6,10-11,24H,7-9H2,1-2H3;1-5H/t10-,11+;. The van der Waals surface area contributed by atoms with Gasteiger partial charge in [0.1, 0.15) is 10.5 Å². The predicted octanol–water partition coefficient (Wildman–Crippen LogP) is 4.13. The van der Waals surface area contributed by atoms with Crippen molar-refractivity contribution >= 4 is 28.4 Å². The second-order valence-corrected chi connectivity index (χ2v) is 7.87. The Morgan fingerprint density at radius 2 is 1.78 bits per heavy atom. The first-order valence-electron chi connectivity index (χ1n) is 10.3. The molecular weight excluding hydrogens is 430 g/mol.